The van der Waals surface area contributed by atoms with E-state index in [0.717, 1.165) is 25.1 Å². The molecule has 0 saturated carbocycles. The van der Waals surface area contributed by atoms with Crippen molar-refractivity contribution >= 4 is 5.91 Å². The van der Waals surface area contributed by atoms with Gasteiger partial charge in [0.15, 0.2) is 0 Å². The van der Waals surface area contributed by atoms with Gasteiger partial charge < -0.3 is 10.6 Å². The second-order valence-corrected chi connectivity index (χ2v) is 6.67. The van der Waals surface area contributed by atoms with Crippen molar-refractivity contribution in [3.63, 3.8) is 0 Å². The van der Waals surface area contributed by atoms with Gasteiger partial charge in [-0.1, -0.05) is 32.9 Å². The molecule has 1 heterocycles. The smallest absolute Gasteiger partial charge is 0.251 e. The van der Waals surface area contributed by atoms with E-state index in [-0.39, 0.29) is 11.3 Å². The monoisotopic (exact) mass is 274 g/mol. The fraction of sp³-hybridized carbons (Fsp3) is 0.588. The second kappa shape index (κ2) is 6.40. The molecule has 1 aliphatic heterocycles. The lowest BCUT2D eigenvalue weighted by Crippen LogP contribution is -2.30. The lowest BCUT2D eigenvalue weighted by Gasteiger charge is -2.19. The molecular weight excluding hydrogens is 248 g/mol. The fourth-order valence-electron chi connectivity index (χ4n) is 2.59. The molecule has 20 heavy (non-hydrogen) atoms. The zero-order valence-corrected chi connectivity index (χ0v) is 12.8. The van der Waals surface area contributed by atoms with E-state index < -0.39 is 0 Å². The van der Waals surface area contributed by atoms with Crippen molar-refractivity contribution in [3.8, 4) is 0 Å². The van der Waals surface area contributed by atoms with E-state index in [2.05, 4.69) is 31.4 Å². The predicted octanol–water partition coefficient (Wildman–Crippen LogP) is 2.86. The average molecular weight is 274 g/mol. The van der Waals surface area contributed by atoms with E-state index in [1.165, 1.54) is 18.4 Å². The Morgan fingerprint density at radius 2 is 2.00 bits per heavy atom. The Labute approximate surface area is 122 Å². The number of benzene rings is 1. The molecule has 0 bridgehead atoms. The number of nitrogens with one attached hydrogen (secondary N) is 2. The molecule has 1 atom stereocenters. The SMILES string of the molecule is CC(C)(C)c1ccc(C(=O)NCC[C@H]2CCCN2)cc1. The molecule has 0 aliphatic carbocycles. The summed E-state index contributed by atoms with van der Waals surface area (Å²) in [4.78, 5) is 12.0. The van der Waals surface area contributed by atoms with Crippen LogP contribution < -0.4 is 10.6 Å². The highest BCUT2D eigenvalue weighted by Crippen LogP contribution is 2.22. The summed E-state index contributed by atoms with van der Waals surface area (Å²) in [6.45, 7) is 8.40. The molecule has 1 saturated heterocycles. The van der Waals surface area contributed by atoms with Crippen molar-refractivity contribution in [2.24, 2.45) is 0 Å². The highest BCUT2D eigenvalue weighted by molar-refractivity contribution is 5.94. The van der Waals surface area contributed by atoms with E-state index in [4.69, 9.17) is 0 Å². The number of carbonyl (C=O) groups excluding carboxylic acids is 1. The van der Waals surface area contributed by atoms with E-state index in [0.29, 0.717) is 6.04 Å². The number of hydrogen-bond acceptors (Lipinski definition) is 2. The van der Waals surface area contributed by atoms with Crippen LogP contribution in [0.3, 0.4) is 0 Å². The third kappa shape index (κ3) is 4.07. The van der Waals surface area contributed by atoms with E-state index >= 15 is 0 Å². The second-order valence-electron chi connectivity index (χ2n) is 6.67. The summed E-state index contributed by atoms with van der Waals surface area (Å²) in [6.07, 6.45) is 3.51. The van der Waals surface area contributed by atoms with Gasteiger partial charge >= 0.3 is 0 Å². The Balaban J connectivity index is 1.82. The molecule has 2 rings (SSSR count). The maximum atomic E-state index is 12.0. The molecule has 3 heteroatoms. The van der Waals surface area contributed by atoms with E-state index in [1.54, 1.807) is 0 Å². The Kier molecular flexibility index (Phi) is 4.81. The normalized spacial score (nSPS) is 19.1. The zero-order valence-electron chi connectivity index (χ0n) is 12.8. The maximum Gasteiger partial charge on any atom is 0.251 e. The largest absolute Gasteiger partial charge is 0.352 e. The Morgan fingerprint density at radius 3 is 2.55 bits per heavy atom. The van der Waals surface area contributed by atoms with Gasteiger partial charge in [-0.25, -0.2) is 0 Å². The highest BCUT2D eigenvalue weighted by Gasteiger charge is 2.15. The molecule has 0 unspecified atom stereocenters. The van der Waals surface area contributed by atoms with Gasteiger partial charge in [0.05, 0.1) is 0 Å². The summed E-state index contributed by atoms with van der Waals surface area (Å²) in [5, 5.41) is 6.45. The fourth-order valence-corrected chi connectivity index (χ4v) is 2.59. The molecule has 1 aliphatic rings. The Morgan fingerprint density at radius 1 is 1.30 bits per heavy atom. The first-order valence-electron chi connectivity index (χ1n) is 7.59. The molecule has 1 aromatic rings. The molecule has 3 nitrogen and oxygen atoms in total. The lowest BCUT2D eigenvalue weighted by molar-refractivity contribution is 0.0952. The van der Waals surface area contributed by atoms with Crippen molar-refractivity contribution < 1.29 is 4.79 Å². The third-order valence-corrected chi connectivity index (χ3v) is 3.95. The number of amides is 1. The molecule has 0 spiro atoms. The first-order valence-corrected chi connectivity index (χ1v) is 7.59. The van der Waals surface area contributed by atoms with Gasteiger partial charge in [0, 0.05) is 18.2 Å². The summed E-state index contributed by atoms with van der Waals surface area (Å²) < 4.78 is 0. The van der Waals surface area contributed by atoms with Crippen LogP contribution in [0, 0.1) is 0 Å². The quantitative estimate of drug-likeness (QED) is 0.886. The van der Waals surface area contributed by atoms with Gasteiger partial charge in [0.2, 0.25) is 0 Å². The molecule has 1 fully saturated rings. The molecule has 0 radical (unpaired) electrons. The summed E-state index contributed by atoms with van der Waals surface area (Å²) in [5.41, 5.74) is 2.13. The minimum absolute atomic E-state index is 0.0310. The number of rotatable bonds is 4. The predicted molar refractivity (Wildman–Crippen MR) is 83.1 cm³/mol. The van der Waals surface area contributed by atoms with Gasteiger partial charge in [0.25, 0.3) is 5.91 Å². The first kappa shape index (κ1) is 15.0. The van der Waals surface area contributed by atoms with Crippen LogP contribution in [0.1, 0.15) is 56.0 Å². The molecule has 110 valence electrons. The summed E-state index contributed by atoms with van der Waals surface area (Å²) >= 11 is 0. The van der Waals surface area contributed by atoms with Gasteiger partial charge in [-0.15, -0.1) is 0 Å². The maximum absolute atomic E-state index is 12.0. The number of carbonyl (C=O) groups is 1. The zero-order chi connectivity index (χ0) is 14.6. The van der Waals surface area contributed by atoms with Crippen molar-refractivity contribution in [1.82, 2.24) is 10.6 Å². The van der Waals surface area contributed by atoms with Crippen LogP contribution in [0.5, 0.6) is 0 Å². The van der Waals surface area contributed by atoms with Crippen LogP contribution in [-0.4, -0.2) is 25.0 Å². The van der Waals surface area contributed by atoms with Crippen molar-refractivity contribution in [2.45, 2.75) is 51.5 Å². The van der Waals surface area contributed by atoms with Crippen LogP contribution >= 0.6 is 0 Å². The first-order chi connectivity index (χ1) is 9.47. The van der Waals surface area contributed by atoms with Crippen LogP contribution in [0.4, 0.5) is 0 Å². The minimum atomic E-state index is 0.0310. The Hall–Kier alpha value is -1.35. The molecule has 1 aromatic carbocycles. The molecule has 1 amide bonds. The number of hydrogen-bond donors (Lipinski definition) is 2. The van der Waals surface area contributed by atoms with E-state index in [1.807, 2.05) is 24.3 Å². The third-order valence-electron chi connectivity index (χ3n) is 3.95. The minimum Gasteiger partial charge on any atom is -0.352 e. The van der Waals surface area contributed by atoms with Gasteiger partial charge in [-0.3, -0.25) is 4.79 Å². The standard InChI is InChI=1S/C17H26N2O/c1-17(2,3)14-8-6-13(7-9-14)16(20)19-12-10-15-5-4-11-18-15/h6-9,15,18H,4-5,10-12H2,1-3H3,(H,19,20)/t15-/m1/s1. The topological polar surface area (TPSA) is 41.1 Å². The van der Waals surface area contributed by atoms with Gasteiger partial charge in [-0.2, -0.15) is 0 Å². The van der Waals surface area contributed by atoms with Crippen molar-refractivity contribution in [2.75, 3.05) is 13.1 Å². The Bertz CT molecular complexity index is 439. The lowest BCUT2D eigenvalue weighted by atomic mass is 9.87. The van der Waals surface area contributed by atoms with Gasteiger partial charge in [-0.05, 0) is 48.9 Å². The summed E-state index contributed by atoms with van der Waals surface area (Å²) in [7, 11) is 0. The van der Waals surface area contributed by atoms with E-state index in [9.17, 15) is 4.79 Å². The summed E-state index contributed by atoms with van der Waals surface area (Å²) in [5.74, 6) is 0.0310. The van der Waals surface area contributed by atoms with Crippen LogP contribution in [0.15, 0.2) is 24.3 Å². The summed E-state index contributed by atoms with van der Waals surface area (Å²) in [6, 6.07) is 8.52. The average Bonchev–Trinajstić information content (AvgIpc) is 2.91. The van der Waals surface area contributed by atoms with Crippen LogP contribution in [0.25, 0.3) is 0 Å². The van der Waals surface area contributed by atoms with Crippen LogP contribution in [0.2, 0.25) is 0 Å². The molecular formula is C17H26N2O. The van der Waals surface area contributed by atoms with Crippen LogP contribution in [-0.2, 0) is 5.41 Å². The molecule has 0 aromatic heterocycles. The van der Waals surface area contributed by atoms with Crippen molar-refractivity contribution in [3.05, 3.63) is 35.4 Å². The van der Waals surface area contributed by atoms with Crippen molar-refractivity contribution in [1.29, 1.82) is 0 Å². The van der Waals surface area contributed by atoms with Gasteiger partial charge in [0.1, 0.15) is 0 Å². The highest BCUT2D eigenvalue weighted by atomic mass is 16.1. The molecule has 2 N–H and O–H groups in total.